The number of rotatable bonds is 6. The lowest BCUT2D eigenvalue weighted by atomic mass is 9.53. The molecule has 3 nitrogen and oxygen atoms in total. The Bertz CT molecular complexity index is 977. The Morgan fingerprint density at radius 2 is 1.94 bits per heavy atom. The van der Waals surface area contributed by atoms with Crippen molar-refractivity contribution < 1.29 is 14.9 Å². The number of fused-ring (bicyclic) bond motifs is 5. The lowest BCUT2D eigenvalue weighted by Gasteiger charge is -2.52. The molecule has 0 aromatic heterocycles. The predicted octanol–water partition coefficient (Wildman–Crippen LogP) is 5.84. The van der Waals surface area contributed by atoms with Gasteiger partial charge in [-0.05, 0) is 96.8 Å². The van der Waals surface area contributed by atoms with Crippen LogP contribution in [0, 0.1) is 53.8 Å². The second kappa shape index (κ2) is 9.12. The highest BCUT2D eigenvalue weighted by atomic mass is 16.5. The summed E-state index contributed by atoms with van der Waals surface area (Å²) >= 11 is 0. The van der Waals surface area contributed by atoms with E-state index in [2.05, 4.69) is 37.8 Å². The number of hydrogen-bond donors (Lipinski definition) is 2. The van der Waals surface area contributed by atoms with Gasteiger partial charge in [-0.3, -0.25) is 0 Å². The van der Waals surface area contributed by atoms with Gasteiger partial charge in [0.15, 0.2) is 11.5 Å². The van der Waals surface area contributed by atoms with Crippen LogP contribution in [-0.4, -0.2) is 22.9 Å². The molecule has 1 aromatic rings. The molecule has 2 saturated carbocycles. The third-order valence-electron chi connectivity index (χ3n) is 9.26. The minimum atomic E-state index is -1.11. The first kappa shape index (κ1) is 23.8. The van der Waals surface area contributed by atoms with E-state index in [1.807, 2.05) is 12.1 Å². The van der Waals surface area contributed by atoms with Crippen molar-refractivity contribution in [1.29, 1.82) is 0 Å². The maximum atomic E-state index is 10.8. The zero-order valence-electron chi connectivity index (χ0n) is 20.3. The summed E-state index contributed by atoms with van der Waals surface area (Å²) in [4.78, 5) is 0. The van der Waals surface area contributed by atoms with Crippen molar-refractivity contribution in [2.45, 2.75) is 76.7 Å². The Morgan fingerprint density at radius 3 is 2.61 bits per heavy atom. The number of terminal acetylenes is 2. The second-order valence-electron chi connectivity index (χ2n) is 11.0. The Kier molecular flexibility index (Phi) is 6.57. The summed E-state index contributed by atoms with van der Waals surface area (Å²) in [6, 6.07) is 4.02. The Morgan fingerprint density at radius 1 is 1.21 bits per heavy atom. The molecule has 33 heavy (non-hydrogen) atoms. The smallest absolute Gasteiger partial charge is 0.160 e. The highest BCUT2D eigenvalue weighted by Gasteiger charge is 2.55. The van der Waals surface area contributed by atoms with Crippen molar-refractivity contribution in [2.75, 3.05) is 7.11 Å². The molecule has 3 aliphatic carbocycles. The molecule has 3 aliphatic rings. The number of benzene rings is 1. The average Bonchev–Trinajstić information content (AvgIpc) is 3.14. The first-order valence-electron chi connectivity index (χ1n) is 12.4. The van der Waals surface area contributed by atoms with E-state index < -0.39 is 5.60 Å². The summed E-state index contributed by atoms with van der Waals surface area (Å²) in [5.74, 6) is 8.90. The molecule has 6 atom stereocenters. The summed E-state index contributed by atoms with van der Waals surface area (Å²) < 4.78 is 5.43. The number of phenols is 1. The van der Waals surface area contributed by atoms with Crippen LogP contribution in [-0.2, 0) is 6.42 Å². The summed E-state index contributed by atoms with van der Waals surface area (Å²) in [5.41, 5.74) is 1.89. The van der Waals surface area contributed by atoms with Gasteiger partial charge in [0.25, 0.3) is 0 Å². The maximum absolute atomic E-state index is 10.8. The van der Waals surface area contributed by atoms with Gasteiger partial charge in [0, 0.05) is 12.8 Å². The van der Waals surface area contributed by atoms with Crippen LogP contribution in [0.15, 0.2) is 24.3 Å². The zero-order chi connectivity index (χ0) is 23.8. The van der Waals surface area contributed by atoms with Gasteiger partial charge in [-0.15, -0.1) is 24.7 Å². The maximum Gasteiger partial charge on any atom is 0.160 e. The molecule has 3 heteroatoms. The Labute approximate surface area is 199 Å². The van der Waals surface area contributed by atoms with E-state index in [9.17, 15) is 10.2 Å². The number of aliphatic hydroxyl groups is 1. The van der Waals surface area contributed by atoms with Crippen LogP contribution in [0.1, 0.15) is 75.8 Å². The number of methoxy groups -OCH3 is 1. The fraction of sp³-hybridized carbons (Fsp3) is 0.600. The largest absolute Gasteiger partial charge is 0.504 e. The number of aromatic hydroxyl groups is 1. The van der Waals surface area contributed by atoms with Gasteiger partial charge in [-0.25, -0.2) is 0 Å². The molecule has 0 amide bonds. The van der Waals surface area contributed by atoms with Crippen molar-refractivity contribution in [3.8, 4) is 36.2 Å². The van der Waals surface area contributed by atoms with Crippen molar-refractivity contribution in [3.63, 3.8) is 0 Å². The van der Waals surface area contributed by atoms with Crippen molar-refractivity contribution in [2.24, 2.45) is 29.1 Å². The molecule has 0 spiro atoms. The number of aryl methyl sites for hydroxylation is 1. The number of allylic oxidation sites excluding steroid dienone is 1. The predicted molar refractivity (Wildman–Crippen MR) is 133 cm³/mol. The highest BCUT2D eigenvalue weighted by Crippen LogP contribution is 2.64. The number of ether oxygens (including phenoxy) is 1. The Hall–Kier alpha value is -2.36. The minimum absolute atomic E-state index is 0.243. The van der Waals surface area contributed by atoms with E-state index in [1.165, 1.54) is 43.2 Å². The molecule has 0 unspecified atom stereocenters. The first-order valence-corrected chi connectivity index (χ1v) is 12.4. The van der Waals surface area contributed by atoms with Crippen LogP contribution in [0.25, 0.3) is 0 Å². The molecule has 1 aromatic carbocycles. The normalized spacial score (nSPS) is 31.7. The molecule has 0 radical (unpaired) electrons. The van der Waals surface area contributed by atoms with Gasteiger partial charge in [-0.1, -0.05) is 26.0 Å². The molecular formula is C30H38O3. The van der Waals surface area contributed by atoms with Gasteiger partial charge < -0.3 is 14.9 Å². The summed E-state index contributed by atoms with van der Waals surface area (Å²) in [5, 5.41) is 21.1. The van der Waals surface area contributed by atoms with Crippen LogP contribution in [0.3, 0.4) is 0 Å². The SMILES string of the molecule is C#CCC(O)(C=C[C@@H](C)[C@H]1CC[C@H]2[C@@H]3CCc4cc(O)c(OC)cc4[C@H]3CC[C@]12C)CC#C. The average molecular weight is 447 g/mol. The van der Waals surface area contributed by atoms with Gasteiger partial charge in [0.1, 0.15) is 5.60 Å². The van der Waals surface area contributed by atoms with Gasteiger partial charge in [0.05, 0.1) is 7.11 Å². The molecule has 0 heterocycles. The second-order valence-corrected chi connectivity index (χ2v) is 11.0. The van der Waals surface area contributed by atoms with Crippen molar-refractivity contribution in [1.82, 2.24) is 0 Å². The molecular weight excluding hydrogens is 408 g/mol. The van der Waals surface area contributed by atoms with Crippen molar-refractivity contribution >= 4 is 0 Å². The first-order chi connectivity index (χ1) is 15.8. The minimum Gasteiger partial charge on any atom is -0.504 e. The fourth-order valence-electron chi connectivity index (χ4n) is 7.65. The van der Waals surface area contributed by atoms with Crippen LogP contribution in [0.4, 0.5) is 0 Å². The molecule has 0 aliphatic heterocycles. The monoisotopic (exact) mass is 446 g/mol. The third-order valence-corrected chi connectivity index (χ3v) is 9.26. The molecule has 0 bridgehead atoms. The van der Waals surface area contributed by atoms with Crippen molar-refractivity contribution in [3.05, 3.63) is 35.4 Å². The van der Waals surface area contributed by atoms with E-state index in [0.717, 1.165) is 6.42 Å². The number of phenolic OH excluding ortho intramolecular Hbond substituents is 1. The summed E-state index contributed by atoms with van der Waals surface area (Å²) in [6.07, 6.45) is 22.6. The van der Waals surface area contributed by atoms with E-state index in [-0.39, 0.29) is 18.6 Å². The quantitative estimate of drug-likeness (QED) is 0.426. The van der Waals surface area contributed by atoms with E-state index in [1.54, 1.807) is 7.11 Å². The van der Waals surface area contributed by atoms with Gasteiger partial charge >= 0.3 is 0 Å². The van der Waals surface area contributed by atoms with Gasteiger partial charge in [0.2, 0.25) is 0 Å². The molecule has 176 valence electrons. The lowest BCUT2D eigenvalue weighted by Crippen LogP contribution is -2.43. The van der Waals surface area contributed by atoms with Crippen LogP contribution >= 0.6 is 0 Å². The number of hydrogen-bond acceptors (Lipinski definition) is 3. The lowest BCUT2D eigenvalue weighted by molar-refractivity contribution is 0.0174. The standard InChI is InChI=1S/C30H38O3/c1-6-14-30(32,15-7-2)17-12-20(3)25-10-11-26-23-9-8-21-18-27(31)28(33-5)19-24(21)22(23)13-16-29(25,26)4/h1-2,12,17-20,22-23,25-26,31-32H,8-11,13-16H2,3-5H3/t20-,22+,23-,25-,26+,29-/m1/s1. The molecule has 0 saturated heterocycles. The zero-order valence-corrected chi connectivity index (χ0v) is 20.3. The van der Waals surface area contributed by atoms with Crippen LogP contribution < -0.4 is 4.74 Å². The van der Waals surface area contributed by atoms with E-state index in [0.29, 0.717) is 40.8 Å². The summed E-state index contributed by atoms with van der Waals surface area (Å²) in [6.45, 7) is 4.80. The molecule has 2 N–H and O–H groups in total. The molecule has 2 fully saturated rings. The van der Waals surface area contributed by atoms with Crippen LogP contribution in [0.2, 0.25) is 0 Å². The summed E-state index contributed by atoms with van der Waals surface area (Å²) in [7, 11) is 1.63. The van der Waals surface area contributed by atoms with Gasteiger partial charge in [-0.2, -0.15) is 0 Å². The third kappa shape index (κ3) is 4.18. The molecule has 4 rings (SSSR count). The highest BCUT2D eigenvalue weighted by molar-refractivity contribution is 5.49. The topological polar surface area (TPSA) is 49.7 Å². The van der Waals surface area contributed by atoms with Crippen LogP contribution in [0.5, 0.6) is 11.5 Å². The fourth-order valence-corrected chi connectivity index (χ4v) is 7.65. The Balaban J connectivity index is 1.55. The van der Waals surface area contributed by atoms with E-state index >= 15 is 0 Å². The van der Waals surface area contributed by atoms with E-state index in [4.69, 9.17) is 17.6 Å².